The fourth-order valence-electron chi connectivity index (χ4n) is 2.30. The standard InChI is InChI=1S/C15H14F3N3OS/c1-14(2,3)9-7-10(22)21-13(19-9)11(8-5-4-6-23-8)12(20-21)15(16,17)18/h4-7,19H,1-3H3. The highest BCUT2D eigenvalue weighted by atomic mass is 32.1. The van der Waals surface area contributed by atoms with Gasteiger partial charge in [-0.15, -0.1) is 11.3 Å². The first kappa shape index (κ1) is 15.8. The molecular formula is C15H14F3N3OS. The van der Waals surface area contributed by atoms with Crippen molar-refractivity contribution in [1.29, 1.82) is 0 Å². The van der Waals surface area contributed by atoms with Gasteiger partial charge in [0, 0.05) is 22.1 Å². The molecule has 3 heterocycles. The Morgan fingerprint density at radius 1 is 1.26 bits per heavy atom. The first-order valence-corrected chi connectivity index (χ1v) is 7.74. The summed E-state index contributed by atoms with van der Waals surface area (Å²) in [5.74, 6) is 0. The van der Waals surface area contributed by atoms with E-state index in [2.05, 4.69) is 10.1 Å². The number of rotatable bonds is 1. The van der Waals surface area contributed by atoms with Crippen LogP contribution >= 0.6 is 11.3 Å². The Hall–Kier alpha value is -2.09. The second kappa shape index (κ2) is 4.95. The number of halogens is 3. The molecule has 3 aromatic heterocycles. The van der Waals surface area contributed by atoms with Crippen LogP contribution in [0.15, 0.2) is 28.4 Å². The second-order valence-electron chi connectivity index (χ2n) is 6.23. The number of fused-ring (bicyclic) bond motifs is 1. The molecule has 3 rings (SSSR count). The van der Waals surface area contributed by atoms with Gasteiger partial charge in [-0.3, -0.25) is 4.79 Å². The third kappa shape index (κ3) is 2.67. The lowest BCUT2D eigenvalue weighted by Gasteiger charge is -2.18. The number of hydrogen-bond donors (Lipinski definition) is 1. The van der Waals surface area contributed by atoms with E-state index in [0.717, 1.165) is 4.52 Å². The zero-order valence-corrected chi connectivity index (χ0v) is 13.5. The summed E-state index contributed by atoms with van der Waals surface area (Å²) in [5.41, 5.74) is -1.51. The molecule has 3 aromatic rings. The Balaban J connectivity index is 2.45. The predicted molar refractivity (Wildman–Crippen MR) is 82.8 cm³/mol. The lowest BCUT2D eigenvalue weighted by atomic mass is 9.92. The Kier molecular flexibility index (Phi) is 3.40. The van der Waals surface area contributed by atoms with Gasteiger partial charge in [-0.1, -0.05) is 26.8 Å². The minimum Gasteiger partial charge on any atom is -0.342 e. The fourth-order valence-corrected chi connectivity index (χ4v) is 3.07. The minimum atomic E-state index is -4.65. The number of aromatic nitrogens is 3. The topological polar surface area (TPSA) is 50.2 Å². The summed E-state index contributed by atoms with van der Waals surface area (Å²) in [6, 6.07) is 4.53. The van der Waals surface area contributed by atoms with E-state index in [0.29, 0.717) is 10.6 Å². The number of H-pyrrole nitrogens is 1. The van der Waals surface area contributed by atoms with Crippen LogP contribution in [0.3, 0.4) is 0 Å². The van der Waals surface area contributed by atoms with Crippen LogP contribution < -0.4 is 5.56 Å². The van der Waals surface area contributed by atoms with E-state index in [4.69, 9.17) is 0 Å². The normalized spacial score (nSPS) is 13.0. The molecule has 0 saturated carbocycles. The average molecular weight is 341 g/mol. The first-order chi connectivity index (χ1) is 10.6. The lowest BCUT2D eigenvalue weighted by molar-refractivity contribution is -0.140. The van der Waals surface area contributed by atoms with Crippen LogP contribution in [0.1, 0.15) is 32.2 Å². The molecule has 8 heteroatoms. The molecule has 0 spiro atoms. The predicted octanol–water partition coefficient (Wildman–Crippen LogP) is 4.07. The van der Waals surface area contributed by atoms with Crippen molar-refractivity contribution in [3.05, 3.63) is 45.3 Å². The zero-order valence-electron chi connectivity index (χ0n) is 12.7. The highest BCUT2D eigenvalue weighted by Crippen LogP contribution is 2.40. The van der Waals surface area contributed by atoms with Gasteiger partial charge in [-0.2, -0.15) is 22.8 Å². The molecule has 0 atom stereocenters. The van der Waals surface area contributed by atoms with Crippen LogP contribution in [-0.4, -0.2) is 14.6 Å². The highest BCUT2D eigenvalue weighted by molar-refractivity contribution is 7.13. The van der Waals surface area contributed by atoms with Gasteiger partial charge in [0.1, 0.15) is 5.65 Å². The van der Waals surface area contributed by atoms with Crippen molar-refractivity contribution in [2.24, 2.45) is 0 Å². The van der Waals surface area contributed by atoms with Gasteiger partial charge < -0.3 is 4.98 Å². The van der Waals surface area contributed by atoms with Gasteiger partial charge in [0.2, 0.25) is 0 Å². The molecule has 0 amide bonds. The third-order valence-electron chi connectivity index (χ3n) is 3.46. The molecule has 1 N–H and O–H groups in total. The van der Waals surface area contributed by atoms with E-state index in [1.165, 1.54) is 17.4 Å². The van der Waals surface area contributed by atoms with Crippen molar-refractivity contribution >= 4 is 17.0 Å². The van der Waals surface area contributed by atoms with Crippen molar-refractivity contribution in [1.82, 2.24) is 14.6 Å². The van der Waals surface area contributed by atoms with Gasteiger partial charge in [-0.25, -0.2) is 0 Å². The molecule has 0 fully saturated rings. The maximum atomic E-state index is 13.4. The number of aromatic amines is 1. The first-order valence-electron chi connectivity index (χ1n) is 6.86. The van der Waals surface area contributed by atoms with E-state index in [-0.39, 0.29) is 11.2 Å². The lowest BCUT2D eigenvalue weighted by Crippen LogP contribution is -2.22. The summed E-state index contributed by atoms with van der Waals surface area (Å²) in [4.78, 5) is 15.6. The van der Waals surface area contributed by atoms with Gasteiger partial charge in [0.05, 0.1) is 5.56 Å². The van der Waals surface area contributed by atoms with Crippen LogP contribution in [0.5, 0.6) is 0 Å². The van der Waals surface area contributed by atoms with Crippen LogP contribution in [0.25, 0.3) is 16.1 Å². The minimum absolute atomic E-state index is 0.0669. The third-order valence-corrected chi connectivity index (χ3v) is 4.35. The number of alkyl halides is 3. The van der Waals surface area contributed by atoms with Crippen molar-refractivity contribution in [2.45, 2.75) is 32.4 Å². The van der Waals surface area contributed by atoms with Gasteiger partial charge >= 0.3 is 6.18 Å². The maximum absolute atomic E-state index is 13.4. The van der Waals surface area contributed by atoms with Crippen molar-refractivity contribution in [3.8, 4) is 10.4 Å². The summed E-state index contributed by atoms with van der Waals surface area (Å²) in [6.45, 7) is 5.63. The molecule has 122 valence electrons. The molecule has 0 saturated heterocycles. The molecule has 0 radical (unpaired) electrons. The summed E-state index contributed by atoms with van der Waals surface area (Å²) in [6.07, 6.45) is -4.65. The SMILES string of the molecule is CC(C)(C)c1cc(=O)n2nc(C(F)(F)F)c(-c3cccs3)c2[nH]1. The van der Waals surface area contributed by atoms with E-state index in [9.17, 15) is 18.0 Å². The average Bonchev–Trinajstić information content (AvgIpc) is 3.02. The fraction of sp³-hybridized carbons (Fsp3) is 0.333. The van der Waals surface area contributed by atoms with E-state index >= 15 is 0 Å². The largest absolute Gasteiger partial charge is 0.435 e. The smallest absolute Gasteiger partial charge is 0.342 e. The Bertz CT molecular complexity index is 914. The number of hydrogen-bond acceptors (Lipinski definition) is 3. The van der Waals surface area contributed by atoms with E-state index < -0.39 is 22.8 Å². The van der Waals surface area contributed by atoms with Crippen molar-refractivity contribution in [3.63, 3.8) is 0 Å². The summed E-state index contributed by atoms with van der Waals surface area (Å²) >= 11 is 1.17. The van der Waals surface area contributed by atoms with Crippen molar-refractivity contribution in [2.75, 3.05) is 0 Å². The molecule has 0 aliphatic heterocycles. The summed E-state index contributed by atoms with van der Waals surface area (Å²) in [7, 11) is 0. The Morgan fingerprint density at radius 3 is 2.48 bits per heavy atom. The van der Waals surface area contributed by atoms with Gasteiger partial charge in [-0.05, 0) is 11.4 Å². The second-order valence-corrected chi connectivity index (χ2v) is 7.18. The molecule has 0 aliphatic rings. The van der Waals surface area contributed by atoms with E-state index in [1.54, 1.807) is 17.5 Å². The molecule has 0 unspecified atom stereocenters. The van der Waals surface area contributed by atoms with Crippen LogP contribution in [0.4, 0.5) is 13.2 Å². The molecular weight excluding hydrogens is 327 g/mol. The molecule has 0 bridgehead atoms. The zero-order chi connectivity index (χ0) is 17.0. The van der Waals surface area contributed by atoms with Crippen LogP contribution in [-0.2, 0) is 11.6 Å². The monoisotopic (exact) mass is 341 g/mol. The van der Waals surface area contributed by atoms with Gasteiger partial charge in [0.15, 0.2) is 5.69 Å². The van der Waals surface area contributed by atoms with Crippen LogP contribution in [0, 0.1) is 0 Å². The molecule has 0 aliphatic carbocycles. The Labute approximate surface area is 133 Å². The molecule has 23 heavy (non-hydrogen) atoms. The summed E-state index contributed by atoms with van der Waals surface area (Å²) in [5, 5.41) is 5.20. The number of thiophene rings is 1. The highest BCUT2D eigenvalue weighted by Gasteiger charge is 2.39. The molecule has 4 nitrogen and oxygen atoms in total. The van der Waals surface area contributed by atoms with Crippen LogP contribution in [0.2, 0.25) is 0 Å². The number of nitrogens with one attached hydrogen (secondary N) is 1. The van der Waals surface area contributed by atoms with E-state index in [1.807, 2.05) is 20.8 Å². The number of nitrogens with zero attached hydrogens (tertiary/aromatic N) is 2. The quantitative estimate of drug-likeness (QED) is 0.725. The maximum Gasteiger partial charge on any atom is 0.435 e. The van der Waals surface area contributed by atoms with Crippen molar-refractivity contribution < 1.29 is 13.2 Å². The molecule has 0 aromatic carbocycles. The summed E-state index contributed by atoms with van der Waals surface area (Å²) < 4.78 is 40.9. The van der Waals surface area contributed by atoms with Gasteiger partial charge in [0.25, 0.3) is 5.56 Å². The Morgan fingerprint density at radius 2 is 1.96 bits per heavy atom.